The standard InChI is InChI=1S/C16H27NO/c1-13(2)12-17-11-7-9-15(4)18-16-10-6-5-8-14(16)3/h5-6,8,10,13,15,17H,7,9,11-12H2,1-4H3. The summed E-state index contributed by atoms with van der Waals surface area (Å²) in [6.07, 6.45) is 2.55. The highest BCUT2D eigenvalue weighted by molar-refractivity contribution is 5.31. The van der Waals surface area contributed by atoms with Crippen LogP contribution >= 0.6 is 0 Å². The molecule has 0 saturated carbocycles. The van der Waals surface area contributed by atoms with Crippen molar-refractivity contribution in [3.05, 3.63) is 29.8 Å². The van der Waals surface area contributed by atoms with E-state index in [1.165, 1.54) is 12.0 Å². The van der Waals surface area contributed by atoms with Gasteiger partial charge in [0.25, 0.3) is 0 Å². The van der Waals surface area contributed by atoms with E-state index in [2.05, 4.69) is 39.1 Å². The summed E-state index contributed by atoms with van der Waals surface area (Å²) in [5.41, 5.74) is 1.21. The third-order valence-corrected chi connectivity index (χ3v) is 2.94. The van der Waals surface area contributed by atoms with Gasteiger partial charge in [-0.25, -0.2) is 0 Å². The second-order valence-corrected chi connectivity index (χ2v) is 5.43. The number of hydrogen-bond donors (Lipinski definition) is 1. The van der Waals surface area contributed by atoms with E-state index in [4.69, 9.17) is 4.74 Å². The van der Waals surface area contributed by atoms with Crippen molar-refractivity contribution < 1.29 is 4.74 Å². The summed E-state index contributed by atoms with van der Waals surface area (Å²) in [5, 5.41) is 3.46. The minimum absolute atomic E-state index is 0.284. The third kappa shape index (κ3) is 6.06. The van der Waals surface area contributed by atoms with E-state index in [0.717, 1.165) is 31.2 Å². The molecule has 0 heterocycles. The molecule has 0 aromatic heterocycles. The highest BCUT2D eigenvalue weighted by atomic mass is 16.5. The van der Waals surface area contributed by atoms with Crippen molar-refractivity contribution in [2.24, 2.45) is 5.92 Å². The van der Waals surface area contributed by atoms with E-state index >= 15 is 0 Å². The van der Waals surface area contributed by atoms with Gasteiger partial charge in [0.05, 0.1) is 6.10 Å². The molecule has 0 aliphatic rings. The Morgan fingerprint density at radius 1 is 1.17 bits per heavy atom. The average molecular weight is 249 g/mol. The lowest BCUT2D eigenvalue weighted by Crippen LogP contribution is -2.22. The Kier molecular flexibility index (Phi) is 6.81. The van der Waals surface area contributed by atoms with Crippen LogP contribution in [-0.2, 0) is 0 Å². The van der Waals surface area contributed by atoms with Gasteiger partial charge in [0.15, 0.2) is 0 Å². The summed E-state index contributed by atoms with van der Waals surface area (Å²) in [4.78, 5) is 0. The summed E-state index contributed by atoms with van der Waals surface area (Å²) in [6.45, 7) is 10.9. The number of hydrogen-bond acceptors (Lipinski definition) is 2. The van der Waals surface area contributed by atoms with Crippen LogP contribution in [0.15, 0.2) is 24.3 Å². The number of rotatable bonds is 8. The molecule has 1 rings (SSSR count). The van der Waals surface area contributed by atoms with Gasteiger partial charge in [0.1, 0.15) is 5.75 Å². The molecular formula is C16H27NO. The van der Waals surface area contributed by atoms with Gasteiger partial charge >= 0.3 is 0 Å². The molecular weight excluding hydrogens is 222 g/mol. The normalized spacial score (nSPS) is 12.7. The highest BCUT2D eigenvalue weighted by Gasteiger charge is 2.05. The lowest BCUT2D eigenvalue weighted by atomic mass is 10.2. The van der Waals surface area contributed by atoms with Crippen LogP contribution in [0, 0.1) is 12.8 Å². The maximum atomic E-state index is 5.94. The fraction of sp³-hybridized carbons (Fsp3) is 0.625. The number of benzene rings is 1. The molecule has 0 aliphatic heterocycles. The Morgan fingerprint density at radius 2 is 1.89 bits per heavy atom. The quantitative estimate of drug-likeness (QED) is 0.708. The van der Waals surface area contributed by atoms with Gasteiger partial charge < -0.3 is 10.1 Å². The Balaban J connectivity index is 2.18. The van der Waals surface area contributed by atoms with E-state index < -0.39 is 0 Å². The smallest absolute Gasteiger partial charge is 0.122 e. The number of aryl methyl sites for hydroxylation is 1. The molecule has 2 heteroatoms. The zero-order valence-corrected chi connectivity index (χ0v) is 12.2. The molecule has 102 valence electrons. The number of para-hydroxylation sites is 1. The van der Waals surface area contributed by atoms with E-state index in [1.54, 1.807) is 0 Å². The average Bonchev–Trinajstić information content (AvgIpc) is 2.31. The van der Waals surface area contributed by atoms with Crippen molar-refractivity contribution in [2.75, 3.05) is 13.1 Å². The van der Waals surface area contributed by atoms with Crippen molar-refractivity contribution in [1.82, 2.24) is 5.32 Å². The van der Waals surface area contributed by atoms with Gasteiger partial charge in [0, 0.05) is 0 Å². The summed E-state index contributed by atoms with van der Waals surface area (Å²) < 4.78 is 5.94. The largest absolute Gasteiger partial charge is 0.490 e. The van der Waals surface area contributed by atoms with Crippen LogP contribution in [-0.4, -0.2) is 19.2 Å². The zero-order chi connectivity index (χ0) is 13.4. The molecule has 1 unspecified atom stereocenters. The van der Waals surface area contributed by atoms with Gasteiger partial charge in [0.2, 0.25) is 0 Å². The molecule has 0 aliphatic carbocycles. The van der Waals surface area contributed by atoms with Crippen LogP contribution in [0.3, 0.4) is 0 Å². The van der Waals surface area contributed by atoms with Gasteiger partial charge in [-0.1, -0.05) is 32.0 Å². The van der Waals surface area contributed by atoms with Gasteiger partial charge in [-0.3, -0.25) is 0 Å². The zero-order valence-electron chi connectivity index (χ0n) is 12.2. The SMILES string of the molecule is Cc1ccccc1OC(C)CCCNCC(C)C. The molecule has 1 atom stereocenters. The fourth-order valence-electron chi connectivity index (χ4n) is 1.87. The monoisotopic (exact) mass is 249 g/mol. The molecule has 18 heavy (non-hydrogen) atoms. The maximum absolute atomic E-state index is 5.94. The van der Waals surface area contributed by atoms with Crippen molar-refractivity contribution >= 4 is 0 Å². The summed E-state index contributed by atoms with van der Waals surface area (Å²) in [7, 11) is 0. The second-order valence-electron chi connectivity index (χ2n) is 5.43. The first kappa shape index (κ1) is 15.0. The van der Waals surface area contributed by atoms with Gasteiger partial charge in [-0.2, -0.15) is 0 Å². The Morgan fingerprint density at radius 3 is 2.56 bits per heavy atom. The predicted molar refractivity (Wildman–Crippen MR) is 78.2 cm³/mol. The molecule has 0 radical (unpaired) electrons. The molecule has 1 N–H and O–H groups in total. The molecule has 0 fully saturated rings. The van der Waals surface area contributed by atoms with Crippen LogP contribution in [0.25, 0.3) is 0 Å². The van der Waals surface area contributed by atoms with E-state index in [0.29, 0.717) is 0 Å². The van der Waals surface area contributed by atoms with Gasteiger partial charge in [-0.05, 0) is 57.3 Å². The first-order valence-corrected chi connectivity index (χ1v) is 7.02. The molecule has 0 spiro atoms. The second kappa shape index (κ2) is 8.15. The van der Waals surface area contributed by atoms with Crippen LogP contribution < -0.4 is 10.1 Å². The summed E-state index contributed by atoms with van der Waals surface area (Å²) in [6, 6.07) is 8.21. The minimum atomic E-state index is 0.284. The third-order valence-electron chi connectivity index (χ3n) is 2.94. The van der Waals surface area contributed by atoms with Crippen LogP contribution in [0.2, 0.25) is 0 Å². The molecule has 2 nitrogen and oxygen atoms in total. The van der Waals surface area contributed by atoms with Crippen molar-refractivity contribution in [3.63, 3.8) is 0 Å². The molecule has 1 aromatic rings. The molecule has 0 amide bonds. The van der Waals surface area contributed by atoms with Crippen LogP contribution in [0.5, 0.6) is 5.75 Å². The van der Waals surface area contributed by atoms with Gasteiger partial charge in [-0.15, -0.1) is 0 Å². The van der Waals surface area contributed by atoms with Crippen molar-refractivity contribution in [2.45, 2.75) is 46.6 Å². The predicted octanol–water partition coefficient (Wildman–Crippen LogP) is 3.79. The Hall–Kier alpha value is -1.02. The Bertz CT molecular complexity index is 336. The molecule has 0 saturated heterocycles. The number of ether oxygens (including phenoxy) is 1. The van der Waals surface area contributed by atoms with Crippen molar-refractivity contribution in [3.8, 4) is 5.75 Å². The fourth-order valence-corrected chi connectivity index (χ4v) is 1.87. The first-order valence-electron chi connectivity index (χ1n) is 7.02. The molecule has 0 bridgehead atoms. The van der Waals surface area contributed by atoms with Crippen molar-refractivity contribution in [1.29, 1.82) is 0 Å². The Labute approximate surface area is 112 Å². The van der Waals surface area contributed by atoms with Crippen LogP contribution in [0.4, 0.5) is 0 Å². The van der Waals surface area contributed by atoms with E-state index in [-0.39, 0.29) is 6.10 Å². The van der Waals surface area contributed by atoms with E-state index in [1.807, 2.05) is 18.2 Å². The number of nitrogens with one attached hydrogen (secondary N) is 1. The van der Waals surface area contributed by atoms with E-state index in [9.17, 15) is 0 Å². The molecule has 1 aromatic carbocycles. The topological polar surface area (TPSA) is 21.3 Å². The minimum Gasteiger partial charge on any atom is -0.490 e. The summed E-state index contributed by atoms with van der Waals surface area (Å²) >= 11 is 0. The maximum Gasteiger partial charge on any atom is 0.122 e. The van der Waals surface area contributed by atoms with Crippen LogP contribution in [0.1, 0.15) is 39.2 Å². The first-order chi connectivity index (χ1) is 8.59. The highest BCUT2D eigenvalue weighted by Crippen LogP contribution is 2.18. The lowest BCUT2D eigenvalue weighted by Gasteiger charge is -2.16. The lowest BCUT2D eigenvalue weighted by molar-refractivity contribution is 0.206. The summed E-state index contributed by atoms with van der Waals surface area (Å²) in [5.74, 6) is 1.74.